The third kappa shape index (κ3) is 3.00. The normalized spacial score (nSPS) is 16.4. The van der Waals surface area contributed by atoms with Crippen molar-refractivity contribution in [2.45, 2.75) is 12.8 Å². The molecule has 1 aliphatic heterocycles. The fourth-order valence-electron chi connectivity index (χ4n) is 3.48. The molecule has 3 heterocycles. The number of nitrogens with zero attached hydrogens (tertiary/aromatic N) is 2. The van der Waals surface area contributed by atoms with Crippen LogP contribution in [0.25, 0.3) is 10.9 Å². The smallest absolute Gasteiger partial charge is 0.212 e. The van der Waals surface area contributed by atoms with Crippen molar-refractivity contribution >= 4 is 32.1 Å². The first-order valence-electron chi connectivity index (χ1n) is 8.12. The molecule has 0 spiro atoms. The molecular formula is C18H18FN3O2S. The zero-order chi connectivity index (χ0) is 17.6. The summed E-state index contributed by atoms with van der Waals surface area (Å²) < 4.78 is 38.9. The van der Waals surface area contributed by atoms with Crippen LogP contribution < -0.4 is 5.32 Å². The summed E-state index contributed by atoms with van der Waals surface area (Å²) in [5, 5.41) is 4.28. The van der Waals surface area contributed by atoms with Gasteiger partial charge in [-0.25, -0.2) is 13.4 Å². The van der Waals surface area contributed by atoms with Gasteiger partial charge in [-0.15, -0.1) is 0 Å². The van der Waals surface area contributed by atoms with Gasteiger partial charge in [-0.3, -0.25) is 0 Å². The third-order valence-corrected chi connectivity index (χ3v) is 6.42. The van der Waals surface area contributed by atoms with Crippen molar-refractivity contribution in [3.05, 3.63) is 53.7 Å². The molecule has 5 nitrogen and oxygen atoms in total. The van der Waals surface area contributed by atoms with E-state index in [1.807, 2.05) is 25.2 Å². The highest BCUT2D eigenvalue weighted by Crippen LogP contribution is 2.31. The molecule has 0 saturated carbocycles. The molecule has 0 amide bonds. The Labute approximate surface area is 145 Å². The standard InChI is InChI=1S/C18H18FN3O2S/c1-22-16-4-2-12(21-13-3-5-18(19)20-11-13)10-15(16)14-6-8-25(23,24)9-7-17(14)22/h2-5,10-11,21H,6-9H2,1H3. The van der Waals surface area contributed by atoms with Crippen LogP contribution >= 0.6 is 0 Å². The number of rotatable bonds is 2. The maximum Gasteiger partial charge on any atom is 0.212 e. The van der Waals surface area contributed by atoms with Gasteiger partial charge in [-0.05, 0) is 42.3 Å². The second-order valence-electron chi connectivity index (χ2n) is 6.36. The molecule has 0 fully saturated rings. The lowest BCUT2D eigenvalue weighted by Gasteiger charge is -2.07. The van der Waals surface area contributed by atoms with Gasteiger partial charge in [0.2, 0.25) is 5.95 Å². The highest BCUT2D eigenvalue weighted by Gasteiger charge is 2.23. The van der Waals surface area contributed by atoms with E-state index in [4.69, 9.17) is 0 Å². The predicted octanol–water partition coefficient (Wildman–Crippen LogP) is 2.97. The van der Waals surface area contributed by atoms with Gasteiger partial charge in [0.25, 0.3) is 0 Å². The first-order valence-corrected chi connectivity index (χ1v) is 9.94. The molecular weight excluding hydrogens is 341 g/mol. The van der Waals surface area contributed by atoms with Crippen molar-refractivity contribution in [3.8, 4) is 0 Å². The average Bonchev–Trinajstić information content (AvgIpc) is 2.73. The van der Waals surface area contributed by atoms with Gasteiger partial charge in [0, 0.05) is 35.8 Å². The Morgan fingerprint density at radius 2 is 1.88 bits per heavy atom. The highest BCUT2D eigenvalue weighted by molar-refractivity contribution is 7.91. The average molecular weight is 359 g/mol. The van der Waals surface area contributed by atoms with Crippen LogP contribution in [0, 0.1) is 5.95 Å². The van der Waals surface area contributed by atoms with Crippen LogP contribution in [-0.2, 0) is 29.7 Å². The molecule has 1 N–H and O–H groups in total. The van der Waals surface area contributed by atoms with Crippen LogP contribution in [0.15, 0.2) is 36.5 Å². The largest absolute Gasteiger partial charge is 0.354 e. The Morgan fingerprint density at radius 3 is 2.64 bits per heavy atom. The molecule has 1 aromatic carbocycles. The summed E-state index contributed by atoms with van der Waals surface area (Å²) >= 11 is 0. The van der Waals surface area contributed by atoms with E-state index in [1.54, 1.807) is 6.07 Å². The van der Waals surface area contributed by atoms with E-state index < -0.39 is 15.8 Å². The molecule has 2 aromatic heterocycles. The molecule has 7 heteroatoms. The van der Waals surface area contributed by atoms with Gasteiger partial charge >= 0.3 is 0 Å². The quantitative estimate of drug-likeness (QED) is 0.715. The zero-order valence-electron chi connectivity index (χ0n) is 13.8. The lowest BCUT2D eigenvalue weighted by Crippen LogP contribution is -2.11. The first-order chi connectivity index (χ1) is 11.9. The Bertz CT molecular complexity index is 1060. The maximum absolute atomic E-state index is 12.9. The van der Waals surface area contributed by atoms with Crippen LogP contribution in [0.2, 0.25) is 0 Å². The van der Waals surface area contributed by atoms with Gasteiger partial charge in [-0.2, -0.15) is 4.39 Å². The molecule has 0 saturated heterocycles. The topological polar surface area (TPSA) is 64.0 Å². The SMILES string of the molecule is Cn1c2c(c3cc(Nc4ccc(F)nc4)ccc31)CCS(=O)(=O)CC2. The first kappa shape index (κ1) is 16.1. The minimum absolute atomic E-state index is 0.193. The summed E-state index contributed by atoms with van der Waals surface area (Å²) in [7, 11) is -0.995. The van der Waals surface area contributed by atoms with E-state index in [0.717, 1.165) is 27.8 Å². The molecule has 0 aliphatic carbocycles. The van der Waals surface area contributed by atoms with Crippen LogP contribution in [0.3, 0.4) is 0 Å². The van der Waals surface area contributed by atoms with Crippen LogP contribution in [-0.4, -0.2) is 29.5 Å². The molecule has 0 bridgehead atoms. The molecule has 0 unspecified atom stereocenters. The fourth-order valence-corrected chi connectivity index (χ4v) is 4.70. The number of hydrogen-bond acceptors (Lipinski definition) is 4. The number of sulfone groups is 1. The minimum Gasteiger partial charge on any atom is -0.354 e. The van der Waals surface area contributed by atoms with Gasteiger partial charge in [0.15, 0.2) is 9.84 Å². The maximum atomic E-state index is 12.9. The number of anilines is 2. The van der Waals surface area contributed by atoms with Crippen LogP contribution in [0.1, 0.15) is 11.3 Å². The number of aryl methyl sites for hydroxylation is 2. The number of nitrogens with one attached hydrogen (secondary N) is 1. The van der Waals surface area contributed by atoms with Crippen molar-refractivity contribution in [2.24, 2.45) is 7.05 Å². The molecule has 0 atom stereocenters. The van der Waals surface area contributed by atoms with Gasteiger partial charge < -0.3 is 9.88 Å². The molecule has 1 aliphatic rings. The lowest BCUT2D eigenvalue weighted by molar-refractivity contribution is 0.584. The zero-order valence-corrected chi connectivity index (χ0v) is 14.6. The number of halogens is 1. The Balaban J connectivity index is 1.75. The van der Waals surface area contributed by atoms with E-state index in [9.17, 15) is 12.8 Å². The number of hydrogen-bond donors (Lipinski definition) is 1. The molecule has 25 heavy (non-hydrogen) atoms. The number of aromatic nitrogens is 2. The van der Waals surface area contributed by atoms with E-state index in [2.05, 4.69) is 14.9 Å². The summed E-state index contributed by atoms with van der Waals surface area (Å²) in [5.41, 5.74) is 4.86. The Morgan fingerprint density at radius 1 is 1.12 bits per heavy atom. The molecule has 0 radical (unpaired) electrons. The van der Waals surface area contributed by atoms with Crippen molar-refractivity contribution in [1.29, 1.82) is 0 Å². The second-order valence-corrected chi connectivity index (χ2v) is 8.67. The van der Waals surface area contributed by atoms with Gasteiger partial charge in [0.1, 0.15) is 0 Å². The van der Waals surface area contributed by atoms with Gasteiger partial charge in [0.05, 0.1) is 23.4 Å². The van der Waals surface area contributed by atoms with Crippen LogP contribution in [0.5, 0.6) is 0 Å². The lowest BCUT2D eigenvalue weighted by atomic mass is 10.1. The number of benzene rings is 1. The van der Waals surface area contributed by atoms with Crippen molar-refractivity contribution in [3.63, 3.8) is 0 Å². The Hall–Kier alpha value is -2.41. The van der Waals surface area contributed by atoms with Crippen molar-refractivity contribution < 1.29 is 12.8 Å². The predicted molar refractivity (Wildman–Crippen MR) is 96.5 cm³/mol. The van der Waals surface area contributed by atoms with Gasteiger partial charge in [-0.1, -0.05) is 0 Å². The highest BCUT2D eigenvalue weighted by atomic mass is 32.2. The van der Waals surface area contributed by atoms with E-state index >= 15 is 0 Å². The number of pyridine rings is 1. The summed E-state index contributed by atoms with van der Waals surface area (Å²) in [6, 6.07) is 8.94. The van der Waals surface area contributed by atoms with Crippen LogP contribution in [0.4, 0.5) is 15.8 Å². The Kier molecular flexibility index (Phi) is 3.76. The summed E-state index contributed by atoms with van der Waals surface area (Å²) in [6.45, 7) is 0. The molecule has 130 valence electrons. The summed E-state index contributed by atoms with van der Waals surface area (Å²) in [6.07, 6.45) is 2.53. The number of fused-ring (bicyclic) bond motifs is 3. The minimum atomic E-state index is -2.98. The summed E-state index contributed by atoms with van der Waals surface area (Å²) in [4.78, 5) is 3.64. The monoisotopic (exact) mass is 359 g/mol. The van der Waals surface area contributed by atoms with Crippen molar-refractivity contribution in [1.82, 2.24) is 9.55 Å². The fraction of sp³-hybridized carbons (Fsp3) is 0.278. The summed E-state index contributed by atoms with van der Waals surface area (Å²) in [5.74, 6) is -0.120. The third-order valence-electron chi connectivity index (χ3n) is 4.77. The molecule has 3 aromatic rings. The van der Waals surface area contributed by atoms with E-state index in [1.165, 1.54) is 12.3 Å². The van der Waals surface area contributed by atoms with Crippen molar-refractivity contribution in [2.75, 3.05) is 16.8 Å². The van der Waals surface area contributed by atoms with E-state index in [0.29, 0.717) is 18.5 Å². The molecule has 4 rings (SSSR count). The second kappa shape index (κ2) is 5.84. The van der Waals surface area contributed by atoms with E-state index in [-0.39, 0.29) is 11.5 Å².